The molecule has 3 nitrogen and oxygen atoms in total. The maximum Gasteiger partial charge on any atom is 0.0916 e. The van der Waals surface area contributed by atoms with E-state index in [9.17, 15) is 5.11 Å². The SMILES string of the molecule is OCC1CCN(CC(O)c2ccc(Cl)cc2)CC1. The van der Waals surface area contributed by atoms with Crippen LogP contribution in [0.3, 0.4) is 0 Å². The molecule has 0 aromatic heterocycles. The third-order valence-electron chi connectivity index (χ3n) is 3.65. The van der Waals surface area contributed by atoms with E-state index in [1.165, 1.54) is 0 Å². The highest BCUT2D eigenvalue weighted by Crippen LogP contribution is 2.21. The van der Waals surface area contributed by atoms with Gasteiger partial charge in [-0.1, -0.05) is 23.7 Å². The molecule has 1 aliphatic rings. The van der Waals surface area contributed by atoms with Gasteiger partial charge in [-0.25, -0.2) is 0 Å². The fraction of sp³-hybridized carbons (Fsp3) is 0.571. The molecule has 0 aliphatic carbocycles. The van der Waals surface area contributed by atoms with Crippen LogP contribution in [-0.2, 0) is 0 Å². The van der Waals surface area contributed by atoms with Crippen molar-refractivity contribution in [2.75, 3.05) is 26.2 Å². The third-order valence-corrected chi connectivity index (χ3v) is 3.90. The van der Waals surface area contributed by atoms with Crippen LogP contribution in [0.15, 0.2) is 24.3 Å². The highest BCUT2D eigenvalue weighted by atomic mass is 35.5. The van der Waals surface area contributed by atoms with Crippen LogP contribution in [0.2, 0.25) is 5.02 Å². The average Bonchev–Trinajstić information content (AvgIpc) is 2.40. The second-order valence-electron chi connectivity index (χ2n) is 4.99. The molecule has 2 rings (SSSR count). The molecule has 0 radical (unpaired) electrons. The molecule has 1 saturated heterocycles. The van der Waals surface area contributed by atoms with E-state index < -0.39 is 6.10 Å². The Labute approximate surface area is 113 Å². The Morgan fingerprint density at radius 1 is 1.22 bits per heavy atom. The number of likely N-dealkylation sites (tertiary alicyclic amines) is 1. The number of piperidine rings is 1. The van der Waals surface area contributed by atoms with E-state index in [2.05, 4.69) is 4.90 Å². The molecule has 1 fully saturated rings. The number of benzene rings is 1. The first kappa shape index (κ1) is 13.8. The van der Waals surface area contributed by atoms with E-state index in [-0.39, 0.29) is 6.61 Å². The topological polar surface area (TPSA) is 43.7 Å². The number of hydrogen-bond donors (Lipinski definition) is 2. The fourth-order valence-corrected chi connectivity index (χ4v) is 2.51. The second-order valence-corrected chi connectivity index (χ2v) is 5.43. The van der Waals surface area contributed by atoms with Gasteiger partial charge in [0, 0.05) is 18.2 Å². The van der Waals surface area contributed by atoms with Crippen LogP contribution in [0.1, 0.15) is 24.5 Å². The van der Waals surface area contributed by atoms with Crippen molar-refractivity contribution in [3.05, 3.63) is 34.9 Å². The lowest BCUT2D eigenvalue weighted by molar-refractivity contribution is 0.0763. The Balaban J connectivity index is 1.84. The van der Waals surface area contributed by atoms with E-state index in [0.717, 1.165) is 31.5 Å². The minimum Gasteiger partial charge on any atom is -0.396 e. The van der Waals surface area contributed by atoms with Crippen LogP contribution in [0.25, 0.3) is 0 Å². The van der Waals surface area contributed by atoms with Gasteiger partial charge in [0.15, 0.2) is 0 Å². The highest BCUT2D eigenvalue weighted by Gasteiger charge is 2.20. The van der Waals surface area contributed by atoms with E-state index in [4.69, 9.17) is 16.7 Å². The number of nitrogens with zero attached hydrogens (tertiary/aromatic N) is 1. The van der Waals surface area contributed by atoms with Crippen molar-refractivity contribution >= 4 is 11.6 Å². The van der Waals surface area contributed by atoms with Crippen LogP contribution in [-0.4, -0.2) is 41.4 Å². The summed E-state index contributed by atoms with van der Waals surface area (Å²) < 4.78 is 0. The molecule has 4 heteroatoms. The molecule has 1 aliphatic heterocycles. The number of hydrogen-bond acceptors (Lipinski definition) is 3. The summed E-state index contributed by atoms with van der Waals surface area (Å²) in [6, 6.07) is 7.34. The lowest BCUT2D eigenvalue weighted by Gasteiger charge is -2.32. The van der Waals surface area contributed by atoms with Crippen molar-refractivity contribution in [1.29, 1.82) is 0 Å². The molecule has 1 unspecified atom stereocenters. The number of rotatable bonds is 4. The van der Waals surface area contributed by atoms with Crippen molar-refractivity contribution in [1.82, 2.24) is 4.90 Å². The van der Waals surface area contributed by atoms with Crippen LogP contribution in [0.4, 0.5) is 0 Å². The molecule has 100 valence electrons. The van der Waals surface area contributed by atoms with Crippen molar-refractivity contribution in [2.45, 2.75) is 18.9 Å². The van der Waals surface area contributed by atoms with Gasteiger partial charge < -0.3 is 15.1 Å². The van der Waals surface area contributed by atoms with Gasteiger partial charge in [-0.05, 0) is 49.5 Å². The Bertz CT molecular complexity index is 361. The Kier molecular flexibility index (Phi) is 5.01. The maximum absolute atomic E-state index is 10.2. The molecule has 0 saturated carbocycles. The summed E-state index contributed by atoms with van der Waals surface area (Å²) in [6.45, 7) is 2.85. The number of halogens is 1. The van der Waals surface area contributed by atoms with Gasteiger partial charge in [0.1, 0.15) is 0 Å². The van der Waals surface area contributed by atoms with Crippen molar-refractivity contribution in [3.63, 3.8) is 0 Å². The molecule has 0 bridgehead atoms. The standard InChI is InChI=1S/C14H20ClNO2/c15-13-3-1-12(2-4-13)14(18)9-16-7-5-11(10-17)6-8-16/h1-4,11,14,17-18H,5-10H2. The number of β-amino-alcohol motifs (C(OH)–C–C–N with tert-alkyl or cyclic N) is 1. The highest BCUT2D eigenvalue weighted by molar-refractivity contribution is 6.30. The first-order chi connectivity index (χ1) is 8.69. The quantitative estimate of drug-likeness (QED) is 0.880. The zero-order valence-corrected chi connectivity index (χ0v) is 11.2. The molecule has 1 heterocycles. The third kappa shape index (κ3) is 3.69. The van der Waals surface area contributed by atoms with E-state index in [1.807, 2.05) is 12.1 Å². The van der Waals surface area contributed by atoms with Gasteiger partial charge in [0.2, 0.25) is 0 Å². The van der Waals surface area contributed by atoms with Crippen LogP contribution < -0.4 is 0 Å². The second kappa shape index (κ2) is 6.53. The minimum atomic E-state index is -0.465. The summed E-state index contributed by atoms with van der Waals surface area (Å²) in [6.07, 6.45) is 1.57. The molecule has 0 amide bonds. The summed E-state index contributed by atoms with van der Waals surface area (Å²) >= 11 is 5.82. The summed E-state index contributed by atoms with van der Waals surface area (Å²) in [4.78, 5) is 2.26. The summed E-state index contributed by atoms with van der Waals surface area (Å²) in [5.74, 6) is 0.439. The van der Waals surface area contributed by atoms with Gasteiger partial charge in [0.25, 0.3) is 0 Å². The molecule has 1 aromatic carbocycles. The molecular weight excluding hydrogens is 250 g/mol. The first-order valence-corrected chi connectivity index (χ1v) is 6.83. The Morgan fingerprint density at radius 3 is 2.39 bits per heavy atom. The van der Waals surface area contributed by atoms with Crippen molar-refractivity contribution < 1.29 is 10.2 Å². The van der Waals surface area contributed by atoms with Crippen molar-refractivity contribution in [3.8, 4) is 0 Å². The molecule has 18 heavy (non-hydrogen) atoms. The van der Waals surface area contributed by atoms with Gasteiger partial charge in [0.05, 0.1) is 6.10 Å². The zero-order valence-electron chi connectivity index (χ0n) is 10.4. The summed E-state index contributed by atoms with van der Waals surface area (Å²) in [5, 5.41) is 19.9. The predicted molar refractivity (Wildman–Crippen MR) is 72.7 cm³/mol. The van der Waals surface area contributed by atoms with Crippen LogP contribution in [0.5, 0.6) is 0 Å². The van der Waals surface area contributed by atoms with Crippen LogP contribution in [0, 0.1) is 5.92 Å². The largest absolute Gasteiger partial charge is 0.396 e. The summed E-state index contributed by atoms with van der Waals surface area (Å²) in [7, 11) is 0. The van der Waals surface area contributed by atoms with E-state index in [1.54, 1.807) is 12.1 Å². The molecular formula is C14H20ClNO2. The van der Waals surface area contributed by atoms with Gasteiger partial charge >= 0.3 is 0 Å². The molecule has 0 spiro atoms. The molecule has 1 aromatic rings. The molecule has 2 N–H and O–H groups in total. The van der Waals surface area contributed by atoms with Gasteiger partial charge in [-0.2, -0.15) is 0 Å². The lowest BCUT2D eigenvalue weighted by Crippen LogP contribution is -2.37. The van der Waals surface area contributed by atoms with Crippen LogP contribution >= 0.6 is 11.6 Å². The van der Waals surface area contributed by atoms with Gasteiger partial charge in [-0.15, -0.1) is 0 Å². The Hall–Kier alpha value is -0.610. The number of aliphatic hydroxyl groups is 2. The number of aliphatic hydroxyl groups excluding tert-OH is 2. The van der Waals surface area contributed by atoms with E-state index in [0.29, 0.717) is 17.5 Å². The lowest BCUT2D eigenvalue weighted by atomic mass is 9.97. The fourth-order valence-electron chi connectivity index (χ4n) is 2.39. The Morgan fingerprint density at radius 2 is 1.83 bits per heavy atom. The molecule has 1 atom stereocenters. The first-order valence-electron chi connectivity index (χ1n) is 6.46. The average molecular weight is 270 g/mol. The minimum absolute atomic E-state index is 0.285. The summed E-state index contributed by atoms with van der Waals surface area (Å²) in [5.41, 5.74) is 0.906. The smallest absolute Gasteiger partial charge is 0.0916 e. The normalized spacial score (nSPS) is 19.9. The predicted octanol–water partition coefficient (Wildman–Crippen LogP) is 2.08. The van der Waals surface area contributed by atoms with Crippen molar-refractivity contribution in [2.24, 2.45) is 5.92 Å². The monoisotopic (exact) mass is 269 g/mol. The zero-order chi connectivity index (χ0) is 13.0. The van der Waals surface area contributed by atoms with Gasteiger partial charge in [-0.3, -0.25) is 0 Å². The maximum atomic E-state index is 10.2. The van der Waals surface area contributed by atoms with E-state index >= 15 is 0 Å².